The Bertz CT molecular complexity index is 517. The predicted molar refractivity (Wildman–Crippen MR) is 91.8 cm³/mol. The first kappa shape index (κ1) is 16.1. The first-order valence-electron chi connectivity index (χ1n) is 8.81. The number of fused-ring (bicyclic) bond motifs is 1. The smallest absolute Gasteiger partial charge is 0.107 e. The van der Waals surface area contributed by atoms with Crippen molar-refractivity contribution >= 4 is 11.0 Å². The number of aryl methyl sites for hydroxylation is 2. The minimum absolute atomic E-state index is 1.08. The highest BCUT2D eigenvalue weighted by Crippen LogP contribution is 2.17. The zero-order valence-corrected chi connectivity index (χ0v) is 13.8. The average Bonchev–Trinajstić information content (AvgIpc) is 2.90. The van der Waals surface area contributed by atoms with Crippen LogP contribution in [0.1, 0.15) is 76.6 Å². The highest BCUT2D eigenvalue weighted by Gasteiger charge is 2.04. The van der Waals surface area contributed by atoms with Crippen molar-refractivity contribution in [3.63, 3.8) is 0 Å². The van der Waals surface area contributed by atoms with E-state index in [1.54, 1.807) is 0 Å². The normalized spacial score (nSPS) is 11.3. The lowest BCUT2D eigenvalue weighted by Gasteiger charge is -2.01. The summed E-state index contributed by atoms with van der Waals surface area (Å²) in [5, 5.41) is 0. The third-order valence-electron chi connectivity index (χ3n) is 4.18. The van der Waals surface area contributed by atoms with Crippen molar-refractivity contribution in [1.82, 2.24) is 9.97 Å². The van der Waals surface area contributed by atoms with Gasteiger partial charge in [-0.1, -0.05) is 58.4 Å². The number of hydrogen-bond donors (Lipinski definition) is 1. The van der Waals surface area contributed by atoms with Gasteiger partial charge in [-0.15, -0.1) is 0 Å². The van der Waals surface area contributed by atoms with Crippen molar-refractivity contribution < 1.29 is 0 Å². The lowest BCUT2D eigenvalue weighted by molar-refractivity contribution is 0.656. The van der Waals surface area contributed by atoms with Gasteiger partial charge in [0.05, 0.1) is 11.0 Å². The van der Waals surface area contributed by atoms with E-state index in [4.69, 9.17) is 4.98 Å². The number of rotatable bonds is 10. The summed E-state index contributed by atoms with van der Waals surface area (Å²) in [6.07, 6.45) is 12.8. The van der Waals surface area contributed by atoms with Crippen molar-refractivity contribution in [3.05, 3.63) is 29.6 Å². The maximum Gasteiger partial charge on any atom is 0.107 e. The van der Waals surface area contributed by atoms with Gasteiger partial charge in [-0.25, -0.2) is 4.98 Å². The molecule has 0 saturated heterocycles. The van der Waals surface area contributed by atoms with Crippen molar-refractivity contribution in [3.8, 4) is 0 Å². The fourth-order valence-corrected chi connectivity index (χ4v) is 2.86. The maximum absolute atomic E-state index is 4.71. The van der Waals surface area contributed by atoms with Crippen molar-refractivity contribution in [2.45, 2.75) is 78.1 Å². The Morgan fingerprint density at radius 2 is 1.57 bits per heavy atom. The van der Waals surface area contributed by atoms with E-state index in [1.165, 1.54) is 68.9 Å². The van der Waals surface area contributed by atoms with Gasteiger partial charge in [0, 0.05) is 6.42 Å². The fraction of sp³-hybridized carbons (Fsp3) is 0.632. The Morgan fingerprint density at radius 3 is 2.29 bits per heavy atom. The van der Waals surface area contributed by atoms with Gasteiger partial charge in [0.2, 0.25) is 0 Å². The number of nitrogens with zero attached hydrogens (tertiary/aromatic N) is 1. The molecular weight excluding hydrogens is 256 g/mol. The SMILES string of the molecule is CCCCCCc1ccc2nc(CCCCCC)[nH]c2c1. The molecule has 2 heteroatoms. The van der Waals surface area contributed by atoms with Crippen LogP contribution in [0.3, 0.4) is 0 Å². The van der Waals surface area contributed by atoms with Crippen LogP contribution in [0.2, 0.25) is 0 Å². The van der Waals surface area contributed by atoms with Gasteiger partial charge in [-0.3, -0.25) is 0 Å². The summed E-state index contributed by atoms with van der Waals surface area (Å²) in [4.78, 5) is 8.21. The van der Waals surface area contributed by atoms with Crippen molar-refractivity contribution in [1.29, 1.82) is 0 Å². The van der Waals surface area contributed by atoms with Gasteiger partial charge in [0.15, 0.2) is 0 Å². The summed E-state index contributed by atoms with van der Waals surface area (Å²) >= 11 is 0. The van der Waals surface area contributed by atoms with E-state index in [-0.39, 0.29) is 0 Å². The molecule has 0 aliphatic carbocycles. The van der Waals surface area contributed by atoms with Gasteiger partial charge >= 0.3 is 0 Å². The first-order valence-corrected chi connectivity index (χ1v) is 8.81. The van der Waals surface area contributed by atoms with Crippen LogP contribution in [-0.4, -0.2) is 9.97 Å². The molecule has 0 radical (unpaired) electrons. The summed E-state index contributed by atoms with van der Waals surface area (Å²) in [6.45, 7) is 4.52. The molecule has 0 aliphatic heterocycles. The molecule has 21 heavy (non-hydrogen) atoms. The molecule has 2 nitrogen and oxygen atoms in total. The van der Waals surface area contributed by atoms with E-state index in [0.717, 1.165) is 17.8 Å². The van der Waals surface area contributed by atoms with Crippen LogP contribution in [0.25, 0.3) is 11.0 Å². The van der Waals surface area contributed by atoms with E-state index < -0.39 is 0 Å². The molecule has 0 fully saturated rings. The van der Waals surface area contributed by atoms with Gasteiger partial charge in [-0.2, -0.15) is 0 Å². The number of nitrogens with one attached hydrogen (secondary N) is 1. The molecule has 0 bridgehead atoms. The fourth-order valence-electron chi connectivity index (χ4n) is 2.86. The number of imidazole rings is 1. The monoisotopic (exact) mass is 286 g/mol. The summed E-state index contributed by atoms with van der Waals surface area (Å²) < 4.78 is 0. The third-order valence-corrected chi connectivity index (χ3v) is 4.18. The number of H-pyrrole nitrogens is 1. The maximum atomic E-state index is 4.71. The second-order valence-electron chi connectivity index (χ2n) is 6.16. The summed E-state index contributed by atoms with van der Waals surface area (Å²) in [5.41, 5.74) is 3.78. The molecule has 2 rings (SSSR count). The minimum atomic E-state index is 1.08. The van der Waals surface area contributed by atoms with E-state index in [9.17, 15) is 0 Å². The Balaban J connectivity index is 1.89. The molecule has 0 saturated carbocycles. The van der Waals surface area contributed by atoms with Crippen LogP contribution in [0.5, 0.6) is 0 Å². The van der Waals surface area contributed by atoms with Crippen LogP contribution in [0.15, 0.2) is 18.2 Å². The molecule has 116 valence electrons. The van der Waals surface area contributed by atoms with Gasteiger partial charge in [-0.05, 0) is 37.0 Å². The summed E-state index contributed by atoms with van der Waals surface area (Å²) in [6, 6.07) is 6.72. The topological polar surface area (TPSA) is 28.7 Å². The number of benzene rings is 1. The molecule has 0 amide bonds. The third kappa shape index (κ3) is 5.18. The van der Waals surface area contributed by atoms with Crippen molar-refractivity contribution in [2.75, 3.05) is 0 Å². The standard InChI is InChI=1S/C19H30N2/c1-3-5-7-9-11-16-13-14-17-18(15-16)21-19(20-17)12-10-8-6-4-2/h13-15H,3-12H2,1-2H3,(H,20,21). The number of unbranched alkanes of at least 4 members (excludes halogenated alkanes) is 6. The zero-order chi connectivity index (χ0) is 14.9. The lowest BCUT2D eigenvalue weighted by Crippen LogP contribution is -1.88. The van der Waals surface area contributed by atoms with Crippen LogP contribution in [0, 0.1) is 0 Å². The molecule has 0 spiro atoms. The Hall–Kier alpha value is -1.31. The Labute approximate surface area is 129 Å². The largest absolute Gasteiger partial charge is 0.342 e. The number of aromatic nitrogens is 2. The highest BCUT2D eigenvalue weighted by atomic mass is 14.9. The van der Waals surface area contributed by atoms with Crippen LogP contribution in [-0.2, 0) is 12.8 Å². The zero-order valence-electron chi connectivity index (χ0n) is 13.8. The molecule has 0 aliphatic rings. The number of aromatic amines is 1. The van der Waals surface area contributed by atoms with Crippen LogP contribution in [0.4, 0.5) is 0 Å². The second-order valence-corrected chi connectivity index (χ2v) is 6.16. The second kappa shape index (κ2) is 8.86. The van der Waals surface area contributed by atoms with E-state index >= 15 is 0 Å². The minimum Gasteiger partial charge on any atom is -0.342 e. The summed E-state index contributed by atoms with van der Waals surface area (Å²) in [5.74, 6) is 1.16. The van der Waals surface area contributed by atoms with Gasteiger partial charge in [0.25, 0.3) is 0 Å². The van der Waals surface area contributed by atoms with Crippen LogP contribution >= 0.6 is 0 Å². The molecule has 0 unspecified atom stereocenters. The summed E-state index contributed by atoms with van der Waals surface area (Å²) in [7, 11) is 0. The lowest BCUT2D eigenvalue weighted by atomic mass is 10.1. The Kier molecular flexibility index (Phi) is 6.78. The van der Waals surface area contributed by atoms with Crippen molar-refractivity contribution in [2.24, 2.45) is 0 Å². The molecule has 1 aromatic carbocycles. The molecule has 2 aromatic rings. The van der Waals surface area contributed by atoms with E-state index in [1.807, 2.05) is 0 Å². The van der Waals surface area contributed by atoms with Gasteiger partial charge in [0.1, 0.15) is 5.82 Å². The predicted octanol–water partition coefficient (Wildman–Crippen LogP) is 5.81. The molecule has 1 heterocycles. The average molecular weight is 286 g/mol. The van der Waals surface area contributed by atoms with Gasteiger partial charge < -0.3 is 4.98 Å². The van der Waals surface area contributed by atoms with E-state index in [0.29, 0.717) is 0 Å². The van der Waals surface area contributed by atoms with E-state index in [2.05, 4.69) is 37.0 Å². The Morgan fingerprint density at radius 1 is 0.857 bits per heavy atom. The van der Waals surface area contributed by atoms with Crippen LogP contribution < -0.4 is 0 Å². The number of hydrogen-bond acceptors (Lipinski definition) is 1. The molecular formula is C19H30N2. The first-order chi connectivity index (χ1) is 10.3. The quantitative estimate of drug-likeness (QED) is 0.549. The molecule has 1 N–H and O–H groups in total. The highest BCUT2D eigenvalue weighted by molar-refractivity contribution is 5.75. The molecule has 0 atom stereocenters. The molecule has 1 aromatic heterocycles.